The van der Waals surface area contributed by atoms with E-state index in [-0.39, 0.29) is 25.7 Å². The van der Waals surface area contributed by atoms with Crippen LogP contribution < -0.4 is 10.1 Å². The van der Waals surface area contributed by atoms with Gasteiger partial charge in [0.25, 0.3) is 0 Å². The van der Waals surface area contributed by atoms with Crippen LogP contribution in [0.1, 0.15) is 5.56 Å². The number of carbonyl (C=O) groups excluding carboxylic acids is 1. The minimum absolute atomic E-state index is 0.0385. The normalized spacial score (nSPS) is 10.6. The van der Waals surface area contributed by atoms with Crippen LogP contribution in [-0.2, 0) is 11.3 Å². The lowest BCUT2D eigenvalue weighted by atomic mass is 10.2. The molecule has 1 rings (SSSR count). The summed E-state index contributed by atoms with van der Waals surface area (Å²) in [5, 5.41) is 20.5. The Labute approximate surface area is 119 Å². The second-order valence-corrected chi connectivity index (χ2v) is 4.35. The third kappa shape index (κ3) is 6.01. The topological polar surface area (TPSA) is 82.0 Å². The van der Waals surface area contributed by atoms with Gasteiger partial charge < -0.3 is 20.3 Å². The van der Waals surface area contributed by atoms with Gasteiger partial charge in [-0.1, -0.05) is 12.1 Å². The van der Waals surface area contributed by atoms with Crippen molar-refractivity contribution in [2.24, 2.45) is 0 Å². The molecule has 1 aromatic rings. The molecule has 0 aliphatic carbocycles. The van der Waals surface area contributed by atoms with Gasteiger partial charge in [-0.15, -0.1) is 0 Å². The maximum atomic E-state index is 11.8. The number of carbonyl (C=O) groups is 1. The van der Waals surface area contributed by atoms with E-state index in [1.54, 1.807) is 12.0 Å². The van der Waals surface area contributed by atoms with E-state index in [4.69, 9.17) is 14.9 Å². The average Bonchev–Trinajstić information content (AvgIpc) is 2.46. The Hall–Kier alpha value is -1.63. The smallest absolute Gasteiger partial charge is 0.234 e. The van der Waals surface area contributed by atoms with Crippen LogP contribution in [0.5, 0.6) is 5.75 Å². The number of amides is 1. The maximum absolute atomic E-state index is 11.8. The van der Waals surface area contributed by atoms with Gasteiger partial charge in [0.1, 0.15) is 5.75 Å². The number of ether oxygens (including phenoxy) is 1. The zero-order chi connectivity index (χ0) is 14.8. The Balaban J connectivity index is 2.41. The molecule has 0 unspecified atom stereocenters. The summed E-state index contributed by atoms with van der Waals surface area (Å²) in [5.74, 6) is 0.605. The standard InChI is InChI=1S/C14H22N2O4/c1-20-13-4-2-3-12(9-13)10-15-14(19)11-16(5-7-17)6-8-18/h2-4,9,17-18H,5-8,10-11H2,1H3,(H,15,19). The second-order valence-electron chi connectivity index (χ2n) is 4.35. The van der Waals surface area contributed by atoms with Gasteiger partial charge in [0.05, 0.1) is 26.9 Å². The maximum Gasteiger partial charge on any atom is 0.234 e. The largest absolute Gasteiger partial charge is 0.497 e. The molecule has 3 N–H and O–H groups in total. The highest BCUT2D eigenvalue weighted by molar-refractivity contribution is 5.78. The third-order valence-electron chi connectivity index (χ3n) is 2.82. The molecule has 0 fully saturated rings. The van der Waals surface area contributed by atoms with E-state index in [0.29, 0.717) is 19.6 Å². The summed E-state index contributed by atoms with van der Waals surface area (Å²) in [6, 6.07) is 7.47. The van der Waals surface area contributed by atoms with E-state index in [9.17, 15) is 4.79 Å². The summed E-state index contributed by atoms with van der Waals surface area (Å²) >= 11 is 0. The van der Waals surface area contributed by atoms with Crippen molar-refractivity contribution in [1.29, 1.82) is 0 Å². The molecule has 0 atom stereocenters. The molecule has 1 aromatic carbocycles. The van der Waals surface area contributed by atoms with E-state index in [1.807, 2.05) is 24.3 Å². The van der Waals surface area contributed by atoms with Gasteiger partial charge in [-0.3, -0.25) is 9.69 Å². The van der Waals surface area contributed by atoms with Gasteiger partial charge in [-0.05, 0) is 17.7 Å². The van der Waals surface area contributed by atoms with E-state index in [0.717, 1.165) is 11.3 Å². The summed E-state index contributed by atoms with van der Waals surface area (Å²) < 4.78 is 5.11. The minimum Gasteiger partial charge on any atom is -0.497 e. The number of hydrogen-bond acceptors (Lipinski definition) is 5. The van der Waals surface area contributed by atoms with Crippen LogP contribution in [0.15, 0.2) is 24.3 Å². The van der Waals surface area contributed by atoms with Gasteiger partial charge in [0, 0.05) is 19.6 Å². The van der Waals surface area contributed by atoms with Crippen molar-refractivity contribution in [2.75, 3.05) is 40.0 Å². The summed E-state index contributed by atoms with van der Waals surface area (Å²) in [5.41, 5.74) is 0.952. The predicted octanol–water partition coefficient (Wildman–Crippen LogP) is -0.402. The number of aliphatic hydroxyl groups excluding tert-OH is 2. The highest BCUT2D eigenvalue weighted by atomic mass is 16.5. The summed E-state index contributed by atoms with van der Waals surface area (Å²) in [6.07, 6.45) is 0. The number of methoxy groups -OCH3 is 1. The number of hydrogen-bond donors (Lipinski definition) is 3. The number of nitrogens with zero attached hydrogens (tertiary/aromatic N) is 1. The third-order valence-corrected chi connectivity index (χ3v) is 2.82. The first-order chi connectivity index (χ1) is 9.69. The van der Waals surface area contributed by atoms with Crippen molar-refractivity contribution < 1.29 is 19.7 Å². The van der Waals surface area contributed by atoms with Crippen LogP contribution in [0, 0.1) is 0 Å². The Morgan fingerprint density at radius 2 is 2.00 bits per heavy atom. The van der Waals surface area contributed by atoms with Gasteiger partial charge in [0.2, 0.25) is 5.91 Å². The molecule has 0 heterocycles. The highest BCUT2D eigenvalue weighted by Crippen LogP contribution is 2.11. The van der Waals surface area contributed by atoms with Crippen LogP contribution in [0.2, 0.25) is 0 Å². The first-order valence-electron chi connectivity index (χ1n) is 6.53. The van der Waals surface area contributed by atoms with Crippen molar-refractivity contribution in [3.05, 3.63) is 29.8 Å². The van der Waals surface area contributed by atoms with E-state index in [2.05, 4.69) is 5.32 Å². The molecule has 1 amide bonds. The predicted molar refractivity (Wildman–Crippen MR) is 75.5 cm³/mol. The second kappa shape index (κ2) is 9.30. The Bertz CT molecular complexity index is 406. The van der Waals surface area contributed by atoms with Crippen LogP contribution >= 0.6 is 0 Å². The molecule has 20 heavy (non-hydrogen) atoms. The first kappa shape index (κ1) is 16.4. The number of benzene rings is 1. The van der Waals surface area contributed by atoms with Crippen LogP contribution in [0.3, 0.4) is 0 Å². The number of nitrogens with one attached hydrogen (secondary N) is 1. The Morgan fingerprint density at radius 3 is 2.60 bits per heavy atom. The molecule has 0 saturated carbocycles. The molecule has 6 heteroatoms. The molecule has 0 saturated heterocycles. The molecule has 0 aliphatic heterocycles. The van der Waals surface area contributed by atoms with Crippen LogP contribution in [0.25, 0.3) is 0 Å². The minimum atomic E-state index is -0.144. The molecule has 0 aliphatic rings. The van der Waals surface area contributed by atoms with Crippen LogP contribution in [-0.4, -0.2) is 61.0 Å². The van der Waals surface area contributed by atoms with Crippen molar-refractivity contribution >= 4 is 5.91 Å². The van der Waals surface area contributed by atoms with Crippen LogP contribution in [0.4, 0.5) is 0 Å². The Kier molecular flexibility index (Phi) is 7.64. The summed E-state index contributed by atoms with van der Waals surface area (Å²) in [4.78, 5) is 13.5. The molecule has 0 aromatic heterocycles. The lowest BCUT2D eigenvalue weighted by molar-refractivity contribution is -0.122. The molecule has 0 bridgehead atoms. The van der Waals surface area contributed by atoms with Crippen molar-refractivity contribution in [1.82, 2.24) is 10.2 Å². The fourth-order valence-corrected chi connectivity index (χ4v) is 1.79. The average molecular weight is 282 g/mol. The number of aliphatic hydroxyl groups is 2. The van der Waals surface area contributed by atoms with Crippen molar-refractivity contribution in [2.45, 2.75) is 6.54 Å². The lowest BCUT2D eigenvalue weighted by Crippen LogP contribution is -2.39. The summed E-state index contributed by atoms with van der Waals surface area (Å²) in [7, 11) is 1.60. The molecule has 6 nitrogen and oxygen atoms in total. The zero-order valence-corrected chi connectivity index (χ0v) is 11.7. The van der Waals surface area contributed by atoms with Gasteiger partial charge in [0.15, 0.2) is 0 Å². The molecular weight excluding hydrogens is 260 g/mol. The van der Waals surface area contributed by atoms with Crippen molar-refractivity contribution in [3.8, 4) is 5.75 Å². The molecule has 112 valence electrons. The first-order valence-corrected chi connectivity index (χ1v) is 6.53. The zero-order valence-electron chi connectivity index (χ0n) is 11.7. The monoisotopic (exact) mass is 282 g/mol. The van der Waals surface area contributed by atoms with Gasteiger partial charge >= 0.3 is 0 Å². The fourth-order valence-electron chi connectivity index (χ4n) is 1.79. The van der Waals surface area contributed by atoms with Gasteiger partial charge in [-0.25, -0.2) is 0 Å². The molecule has 0 radical (unpaired) electrons. The Morgan fingerprint density at radius 1 is 1.30 bits per heavy atom. The van der Waals surface area contributed by atoms with E-state index < -0.39 is 0 Å². The van der Waals surface area contributed by atoms with E-state index >= 15 is 0 Å². The number of rotatable bonds is 9. The quantitative estimate of drug-likeness (QED) is 0.574. The molecular formula is C14H22N2O4. The van der Waals surface area contributed by atoms with E-state index in [1.165, 1.54) is 0 Å². The molecule has 0 spiro atoms. The van der Waals surface area contributed by atoms with Crippen molar-refractivity contribution in [3.63, 3.8) is 0 Å². The lowest BCUT2D eigenvalue weighted by Gasteiger charge is -2.19. The highest BCUT2D eigenvalue weighted by Gasteiger charge is 2.09. The SMILES string of the molecule is COc1cccc(CNC(=O)CN(CCO)CCO)c1. The summed E-state index contributed by atoms with van der Waals surface area (Å²) in [6.45, 7) is 1.24. The fraction of sp³-hybridized carbons (Fsp3) is 0.500. The van der Waals surface area contributed by atoms with Gasteiger partial charge in [-0.2, -0.15) is 0 Å².